The highest BCUT2D eigenvalue weighted by Gasteiger charge is 2.48. The zero-order valence-corrected chi connectivity index (χ0v) is 19.4. The van der Waals surface area contributed by atoms with Crippen LogP contribution in [0.2, 0.25) is 0 Å². The highest BCUT2D eigenvalue weighted by molar-refractivity contribution is 5.96. The van der Waals surface area contributed by atoms with Crippen LogP contribution in [-0.2, 0) is 4.79 Å². The molecule has 2 atom stereocenters. The van der Waals surface area contributed by atoms with Gasteiger partial charge in [-0.25, -0.2) is 19.3 Å². The van der Waals surface area contributed by atoms with Crippen molar-refractivity contribution < 1.29 is 14.3 Å². The van der Waals surface area contributed by atoms with Gasteiger partial charge in [0.1, 0.15) is 17.1 Å². The van der Waals surface area contributed by atoms with E-state index in [-0.39, 0.29) is 12.0 Å². The van der Waals surface area contributed by atoms with Crippen LogP contribution in [0, 0.1) is 23.6 Å². The summed E-state index contributed by atoms with van der Waals surface area (Å²) < 4.78 is 16.1. The summed E-state index contributed by atoms with van der Waals surface area (Å²) in [5, 5.41) is 11.7. The van der Waals surface area contributed by atoms with Crippen LogP contribution >= 0.6 is 0 Å². The number of nitrogens with zero attached hydrogens (tertiary/aromatic N) is 4. The van der Waals surface area contributed by atoms with E-state index in [0.717, 1.165) is 42.2 Å². The number of carboxylic acid groups (broad SMARTS) is 1. The number of hydrogen-bond acceptors (Lipinski definition) is 4. The number of carbonyl (C=O) groups is 1. The zero-order chi connectivity index (χ0) is 24.4. The quantitative estimate of drug-likeness (QED) is 0.336. The van der Waals surface area contributed by atoms with E-state index in [1.54, 1.807) is 12.4 Å². The number of nitrogens with one attached hydrogen (secondary N) is 1. The molecule has 3 saturated carbocycles. The topological polar surface area (TPSA) is 96.7 Å². The standard InChI is InChI=1S/C28H24FN5O2/c29-18-10-19-20(12-31-25(19)30-11-18)26-32-13-21-22(15-4-2-1-3-5-15)14-34(27(21)33-26)24-17-8-6-16(7-9-17)23(24)28(35)36/h1-5,10-14,16-17,23-24H,6-9H2,(H,30,31)(H,35,36)/t16?,17?,23-,24-/m1/s1. The molecule has 0 radical (unpaired) electrons. The molecule has 3 aliphatic carbocycles. The average molecular weight is 482 g/mol. The monoisotopic (exact) mass is 481 g/mol. The van der Waals surface area contributed by atoms with Gasteiger partial charge in [-0.05, 0) is 49.1 Å². The second kappa shape index (κ2) is 7.98. The lowest BCUT2D eigenvalue weighted by Crippen LogP contribution is -2.44. The summed E-state index contributed by atoms with van der Waals surface area (Å²) in [5.74, 6) is -0.680. The third-order valence-corrected chi connectivity index (χ3v) is 8.18. The minimum atomic E-state index is -0.732. The number of aliphatic carboxylic acids is 1. The number of fused-ring (bicyclic) bond motifs is 5. The molecule has 0 aliphatic heterocycles. The molecule has 3 aliphatic rings. The lowest BCUT2D eigenvalue weighted by atomic mass is 9.61. The number of aromatic nitrogens is 5. The molecule has 0 saturated heterocycles. The van der Waals surface area contributed by atoms with Gasteiger partial charge in [0, 0.05) is 40.5 Å². The number of rotatable bonds is 4. The number of carboxylic acids is 1. The number of aromatic amines is 1. The Bertz CT molecular complexity index is 1620. The van der Waals surface area contributed by atoms with Gasteiger partial charge in [0.2, 0.25) is 0 Å². The van der Waals surface area contributed by atoms with Crippen LogP contribution in [0.25, 0.3) is 44.6 Å². The Balaban J connectivity index is 1.47. The first-order valence-electron chi connectivity index (χ1n) is 12.4. The van der Waals surface area contributed by atoms with Crippen LogP contribution in [0.1, 0.15) is 31.7 Å². The number of hydrogen-bond donors (Lipinski definition) is 2. The van der Waals surface area contributed by atoms with Crippen molar-refractivity contribution in [1.29, 1.82) is 0 Å². The zero-order valence-electron chi connectivity index (χ0n) is 19.4. The molecule has 8 heteroatoms. The molecule has 0 amide bonds. The molecule has 0 unspecified atom stereocenters. The molecule has 3 fully saturated rings. The van der Waals surface area contributed by atoms with Crippen LogP contribution in [0.4, 0.5) is 4.39 Å². The van der Waals surface area contributed by atoms with Gasteiger partial charge in [-0.2, -0.15) is 0 Å². The van der Waals surface area contributed by atoms with Crippen LogP contribution in [0.15, 0.2) is 61.2 Å². The van der Waals surface area contributed by atoms with Gasteiger partial charge in [0.05, 0.1) is 18.2 Å². The molecular formula is C28H24FN5O2. The lowest BCUT2D eigenvalue weighted by Gasteiger charge is -2.47. The average Bonchev–Trinajstić information content (AvgIpc) is 3.50. The van der Waals surface area contributed by atoms with E-state index in [1.807, 2.05) is 30.3 Å². The number of benzene rings is 1. The Morgan fingerprint density at radius 1 is 1.00 bits per heavy atom. The van der Waals surface area contributed by atoms with Crippen molar-refractivity contribution in [2.75, 3.05) is 0 Å². The summed E-state index contributed by atoms with van der Waals surface area (Å²) in [6, 6.07) is 11.3. The van der Waals surface area contributed by atoms with E-state index in [0.29, 0.717) is 34.0 Å². The molecule has 8 rings (SSSR count). The fourth-order valence-corrected chi connectivity index (χ4v) is 6.56. The highest BCUT2D eigenvalue weighted by atomic mass is 19.1. The Morgan fingerprint density at radius 3 is 2.56 bits per heavy atom. The van der Waals surface area contributed by atoms with Crippen molar-refractivity contribution >= 4 is 28.0 Å². The minimum absolute atomic E-state index is 0.167. The molecule has 180 valence electrons. The molecule has 7 nitrogen and oxygen atoms in total. The smallest absolute Gasteiger partial charge is 0.308 e. The number of halogens is 1. The van der Waals surface area contributed by atoms with E-state index < -0.39 is 17.7 Å². The SMILES string of the molecule is O=C(O)[C@@H]1C2CCC(CC2)[C@H]1n1cc(-c2ccccc2)c2cnc(-c3c[nH]c4ncc(F)cc34)nc21. The van der Waals surface area contributed by atoms with E-state index in [1.165, 1.54) is 12.3 Å². The maximum atomic E-state index is 14.0. The molecule has 5 aromatic rings. The molecular weight excluding hydrogens is 457 g/mol. The normalized spacial score (nSPS) is 23.5. The first-order valence-corrected chi connectivity index (χ1v) is 12.4. The lowest BCUT2D eigenvalue weighted by molar-refractivity contribution is -0.151. The number of H-pyrrole nitrogens is 1. The molecule has 0 spiro atoms. The predicted octanol–water partition coefficient (Wildman–Crippen LogP) is 5.84. The minimum Gasteiger partial charge on any atom is -0.481 e. The van der Waals surface area contributed by atoms with E-state index in [2.05, 4.69) is 25.7 Å². The van der Waals surface area contributed by atoms with Crippen LogP contribution in [0.5, 0.6) is 0 Å². The third-order valence-electron chi connectivity index (χ3n) is 8.18. The molecule has 36 heavy (non-hydrogen) atoms. The summed E-state index contributed by atoms with van der Waals surface area (Å²) >= 11 is 0. The third kappa shape index (κ3) is 3.17. The Kier molecular flexibility index (Phi) is 4.71. The van der Waals surface area contributed by atoms with Crippen molar-refractivity contribution in [2.24, 2.45) is 17.8 Å². The summed E-state index contributed by atoms with van der Waals surface area (Å²) in [4.78, 5) is 29.3. The van der Waals surface area contributed by atoms with Crippen LogP contribution < -0.4 is 0 Å². The fourth-order valence-electron chi connectivity index (χ4n) is 6.56. The summed E-state index contributed by atoms with van der Waals surface area (Å²) in [5.41, 5.74) is 3.94. The fraction of sp³-hybridized carbons (Fsp3) is 0.286. The van der Waals surface area contributed by atoms with Crippen molar-refractivity contribution in [3.8, 4) is 22.5 Å². The summed E-state index contributed by atoms with van der Waals surface area (Å²) in [6.07, 6.45) is 10.8. The van der Waals surface area contributed by atoms with Gasteiger partial charge in [0.15, 0.2) is 5.82 Å². The molecule has 4 heterocycles. The predicted molar refractivity (Wildman–Crippen MR) is 134 cm³/mol. The van der Waals surface area contributed by atoms with Gasteiger partial charge in [0.25, 0.3) is 0 Å². The van der Waals surface area contributed by atoms with E-state index >= 15 is 0 Å². The first-order chi connectivity index (χ1) is 17.6. The van der Waals surface area contributed by atoms with Crippen molar-refractivity contribution in [3.63, 3.8) is 0 Å². The number of pyridine rings is 1. The van der Waals surface area contributed by atoms with Crippen molar-refractivity contribution in [3.05, 3.63) is 67.0 Å². The van der Waals surface area contributed by atoms with Gasteiger partial charge in [-0.1, -0.05) is 30.3 Å². The Labute approximate surface area is 206 Å². The molecule has 4 aromatic heterocycles. The molecule has 2 N–H and O–H groups in total. The van der Waals surface area contributed by atoms with Gasteiger partial charge < -0.3 is 14.7 Å². The Hall–Kier alpha value is -4.07. The van der Waals surface area contributed by atoms with Gasteiger partial charge in [-0.3, -0.25) is 4.79 Å². The van der Waals surface area contributed by atoms with Crippen LogP contribution in [0.3, 0.4) is 0 Å². The van der Waals surface area contributed by atoms with Gasteiger partial charge >= 0.3 is 5.97 Å². The summed E-state index contributed by atoms with van der Waals surface area (Å²) in [7, 11) is 0. The molecule has 2 bridgehead atoms. The summed E-state index contributed by atoms with van der Waals surface area (Å²) in [6.45, 7) is 0. The second-order valence-corrected chi connectivity index (χ2v) is 10.0. The van der Waals surface area contributed by atoms with Crippen molar-refractivity contribution in [2.45, 2.75) is 31.7 Å². The molecule has 1 aromatic carbocycles. The van der Waals surface area contributed by atoms with Gasteiger partial charge in [-0.15, -0.1) is 0 Å². The van der Waals surface area contributed by atoms with Crippen LogP contribution in [-0.4, -0.2) is 35.6 Å². The maximum Gasteiger partial charge on any atom is 0.308 e. The van der Waals surface area contributed by atoms with E-state index in [9.17, 15) is 14.3 Å². The first kappa shape index (κ1) is 21.2. The highest BCUT2D eigenvalue weighted by Crippen LogP contribution is 2.52. The van der Waals surface area contributed by atoms with Crippen molar-refractivity contribution in [1.82, 2.24) is 24.5 Å². The largest absolute Gasteiger partial charge is 0.481 e. The second-order valence-electron chi connectivity index (χ2n) is 10.0. The van der Waals surface area contributed by atoms with E-state index in [4.69, 9.17) is 4.98 Å². The maximum absolute atomic E-state index is 14.0. The Morgan fingerprint density at radius 2 is 1.78 bits per heavy atom.